The molecule has 0 fully saturated rings. The monoisotopic (exact) mass is 452 g/mol. The van der Waals surface area contributed by atoms with Crippen molar-refractivity contribution in [1.29, 1.82) is 0 Å². The van der Waals surface area contributed by atoms with E-state index in [2.05, 4.69) is 15.0 Å². The minimum atomic E-state index is -1.20. The Kier molecular flexibility index (Phi) is 6.14. The number of methoxy groups -OCH3 is 1. The first-order valence-corrected chi connectivity index (χ1v) is 10.0. The number of pyridine rings is 2. The number of esters is 1. The molecule has 0 bridgehead atoms. The van der Waals surface area contributed by atoms with Gasteiger partial charge in [-0.15, -0.1) is 0 Å². The van der Waals surface area contributed by atoms with Crippen LogP contribution in [0.2, 0.25) is 5.02 Å². The van der Waals surface area contributed by atoms with Gasteiger partial charge in [0.15, 0.2) is 5.17 Å². The molecule has 0 aliphatic carbocycles. The van der Waals surface area contributed by atoms with Crippen LogP contribution < -0.4 is 5.73 Å². The van der Waals surface area contributed by atoms with E-state index in [0.29, 0.717) is 10.6 Å². The van der Waals surface area contributed by atoms with Crippen LogP contribution >= 0.6 is 23.4 Å². The van der Waals surface area contributed by atoms with E-state index < -0.39 is 28.0 Å². The van der Waals surface area contributed by atoms with Gasteiger partial charge in [-0.05, 0) is 43.7 Å². The molecule has 0 saturated carbocycles. The second-order valence-corrected chi connectivity index (χ2v) is 9.15. The Morgan fingerprint density at radius 1 is 1.33 bits per heavy atom. The molecule has 0 radical (unpaired) electrons. The number of rotatable bonds is 4. The number of ether oxygens (including phenoxy) is 1. The number of halogens is 3. The average molecular weight is 453 g/mol. The lowest BCUT2D eigenvalue weighted by Crippen LogP contribution is -2.46. The minimum Gasteiger partial charge on any atom is -0.468 e. The number of hydrogen-bond acceptors (Lipinski definition) is 7. The third-order valence-electron chi connectivity index (χ3n) is 4.69. The van der Waals surface area contributed by atoms with Crippen molar-refractivity contribution in [2.24, 2.45) is 10.7 Å². The maximum Gasteiger partial charge on any atom is 0.322 e. The second kappa shape index (κ2) is 8.31. The standard InChI is InChI=1S/C20H19ClF2N4O2S/c1-19(10-20(2,17(28)29-3)30-18(24)27-19)13-6-11(8-26-16(13)23)7-14(22)15-5-4-12(21)9-25-15/h4-9H,10H2,1-3H3,(H2,24,27)/b14-7-/t19-,20+/m0/s1. The Morgan fingerprint density at radius 3 is 2.70 bits per heavy atom. The predicted octanol–water partition coefficient (Wildman–Crippen LogP) is 4.34. The number of aliphatic imine (C=N–C) groups is 1. The van der Waals surface area contributed by atoms with Crippen molar-refractivity contribution < 1.29 is 18.3 Å². The fourth-order valence-electron chi connectivity index (χ4n) is 3.37. The molecule has 2 aromatic heterocycles. The maximum absolute atomic E-state index is 14.7. The lowest BCUT2D eigenvalue weighted by Gasteiger charge is -2.39. The molecule has 0 amide bonds. The molecule has 2 aromatic rings. The van der Waals surface area contributed by atoms with Gasteiger partial charge in [-0.2, -0.15) is 4.39 Å². The van der Waals surface area contributed by atoms with Gasteiger partial charge in [0.05, 0.1) is 23.4 Å². The summed E-state index contributed by atoms with van der Waals surface area (Å²) < 4.78 is 33.1. The summed E-state index contributed by atoms with van der Waals surface area (Å²) >= 11 is 6.83. The molecule has 0 aromatic carbocycles. The summed E-state index contributed by atoms with van der Waals surface area (Å²) in [7, 11) is 1.27. The fraction of sp³-hybridized carbons (Fsp3) is 0.300. The Bertz CT molecular complexity index is 1050. The van der Waals surface area contributed by atoms with E-state index in [4.69, 9.17) is 22.1 Å². The van der Waals surface area contributed by atoms with Crippen LogP contribution in [0.1, 0.15) is 37.1 Å². The van der Waals surface area contributed by atoms with Gasteiger partial charge in [-0.1, -0.05) is 23.4 Å². The van der Waals surface area contributed by atoms with E-state index >= 15 is 0 Å². The van der Waals surface area contributed by atoms with Crippen LogP contribution in [0.25, 0.3) is 11.9 Å². The molecule has 6 nitrogen and oxygen atoms in total. The first-order chi connectivity index (χ1) is 14.1. The zero-order valence-corrected chi connectivity index (χ0v) is 18.0. The average Bonchev–Trinajstić information content (AvgIpc) is 2.68. The van der Waals surface area contributed by atoms with Gasteiger partial charge in [0.25, 0.3) is 0 Å². The summed E-state index contributed by atoms with van der Waals surface area (Å²) in [6.07, 6.45) is 3.82. The molecular weight excluding hydrogens is 434 g/mol. The van der Waals surface area contributed by atoms with Crippen molar-refractivity contribution in [3.05, 3.63) is 58.4 Å². The summed E-state index contributed by atoms with van der Waals surface area (Å²) in [5.41, 5.74) is 5.21. The Hall–Kier alpha value is -2.52. The number of carbonyl (C=O) groups is 1. The molecule has 3 heterocycles. The zero-order chi connectivity index (χ0) is 22.1. The molecule has 0 saturated heterocycles. The maximum atomic E-state index is 14.7. The Morgan fingerprint density at radius 2 is 2.07 bits per heavy atom. The Balaban J connectivity index is 2.02. The second-order valence-electron chi connectivity index (χ2n) is 7.19. The molecule has 158 valence electrons. The summed E-state index contributed by atoms with van der Waals surface area (Å²) in [6.45, 7) is 3.30. The number of hydrogen-bond donors (Lipinski definition) is 1. The van der Waals surface area contributed by atoms with Crippen LogP contribution in [0.5, 0.6) is 0 Å². The highest BCUT2D eigenvalue weighted by molar-refractivity contribution is 8.15. The van der Waals surface area contributed by atoms with Gasteiger partial charge in [-0.3, -0.25) is 14.8 Å². The molecule has 30 heavy (non-hydrogen) atoms. The van der Waals surface area contributed by atoms with E-state index in [9.17, 15) is 13.6 Å². The predicted molar refractivity (Wildman–Crippen MR) is 114 cm³/mol. The minimum absolute atomic E-state index is 0.0751. The van der Waals surface area contributed by atoms with Crippen LogP contribution in [-0.2, 0) is 15.1 Å². The SMILES string of the molecule is COC(=O)[C@@]1(C)C[C@@](C)(c2cc(/C=C(\F)c3ccc(Cl)cn3)cnc2F)N=C(N)S1. The molecule has 10 heteroatoms. The van der Waals surface area contributed by atoms with Crippen molar-refractivity contribution >= 4 is 46.4 Å². The van der Waals surface area contributed by atoms with Gasteiger partial charge in [0, 0.05) is 24.4 Å². The topological polar surface area (TPSA) is 90.5 Å². The van der Waals surface area contributed by atoms with Gasteiger partial charge in [-0.25, -0.2) is 9.37 Å². The smallest absolute Gasteiger partial charge is 0.322 e. The van der Waals surface area contributed by atoms with E-state index in [1.807, 2.05) is 0 Å². The molecule has 0 spiro atoms. The fourth-order valence-corrected chi connectivity index (χ4v) is 4.71. The first kappa shape index (κ1) is 22.2. The normalized spacial score (nSPS) is 24.3. The van der Waals surface area contributed by atoms with Crippen molar-refractivity contribution in [3.8, 4) is 0 Å². The number of carbonyl (C=O) groups excluding carboxylic acids is 1. The van der Waals surface area contributed by atoms with Crippen molar-refractivity contribution in [3.63, 3.8) is 0 Å². The number of aromatic nitrogens is 2. The van der Waals surface area contributed by atoms with Gasteiger partial charge < -0.3 is 10.5 Å². The van der Waals surface area contributed by atoms with Crippen LogP contribution in [0.15, 0.2) is 35.6 Å². The van der Waals surface area contributed by atoms with Crippen molar-refractivity contribution in [1.82, 2.24) is 9.97 Å². The van der Waals surface area contributed by atoms with Crippen LogP contribution in [0.3, 0.4) is 0 Å². The molecule has 2 atom stereocenters. The highest BCUT2D eigenvalue weighted by Gasteiger charge is 2.48. The van der Waals surface area contributed by atoms with Crippen LogP contribution in [0, 0.1) is 5.95 Å². The molecule has 1 aliphatic rings. The van der Waals surface area contributed by atoms with Crippen LogP contribution in [0.4, 0.5) is 8.78 Å². The van der Waals surface area contributed by atoms with Gasteiger partial charge in [0.1, 0.15) is 10.6 Å². The molecule has 3 rings (SSSR count). The summed E-state index contributed by atoms with van der Waals surface area (Å²) in [4.78, 5) is 24.3. The molecule has 0 unspecified atom stereocenters. The summed E-state index contributed by atoms with van der Waals surface area (Å²) in [6, 6.07) is 4.37. The lowest BCUT2D eigenvalue weighted by molar-refractivity contribution is -0.143. The molecule has 1 aliphatic heterocycles. The van der Waals surface area contributed by atoms with E-state index in [0.717, 1.165) is 11.8 Å². The lowest BCUT2D eigenvalue weighted by atomic mass is 9.83. The summed E-state index contributed by atoms with van der Waals surface area (Å²) in [5.74, 6) is -1.92. The van der Waals surface area contributed by atoms with Crippen molar-refractivity contribution in [2.45, 2.75) is 30.6 Å². The number of nitrogens with zero attached hydrogens (tertiary/aromatic N) is 3. The number of thioether (sulfide) groups is 1. The number of amidine groups is 1. The largest absolute Gasteiger partial charge is 0.468 e. The highest BCUT2D eigenvalue weighted by atomic mass is 35.5. The molecular formula is C20H19ClF2N4O2S. The third kappa shape index (κ3) is 4.46. The van der Waals surface area contributed by atoms with Crippen LogP contribution in [-0.4, -0.2) is 33.0 Å². The van der Waals surface area contributed by atoms with Crippen molar-refractivity contribution in [2.75, 3.05) is 7.11 Å². The van der Waals surface area contributed by atoms with Gasteiger partial charge >= 0.3 is 5.97 Å². The summed E-state index contributed by atoms with van der Waals surface area (Å²) in [5, 5.41) is 0.498. The third-order valence-corrected chi connectivity index (χ3v) is 5.98. The van der Waals surface area contributed by atoms with E-state index in [-0.39, 0.29) is 22.8 Å². The van der Waals surface area contributed by atoms with E-state index in [1.165, 1.54) is 43.8 Å². The van der Waals surface area contributed by atoms with E-state index in [1.54, 1.807) is 13.8 Å². The highest BCUT2D eigenvalue weighted by Crippen LogP contribution is 2.46. The zero-order valence-electron chi connectivity index (χ0n) is 16.4. The van der Waals surface area contributed by atoms with Gasteiger partial charge in [0.2, 0.25) is 5.95 Å². The number of nitrogens with two attached hydrogens (primary N) is 1. The first-order valence-electron chi connectivity index (χ1n) is 8.84. The quantitative estimate of drug-likeness (QED) is 0.548. The Labute approximate surface area is 181 Å². The molecule has 2 N–H and O–H groups in total.